The summed E-state index contributed by atoms with van der Waals surface area (Å²) in [6.07, 6.45) is 1.66. The third-order valence-corrected chi connectivity index (χ3v) is 4.82. The molecule has 0 aliphatic carbocycles. The number of pyridine rings is 1. The maximum absolute atomic E-state index is 12.5. The van der Waals surface area contributed by atoms with E-state index in [-0.39, 0.29) is 12.5 Å². The van der Waals surface area contributed by atoms with Gasteiger partial charge in [0.15, 0.2) is 0 Å². The van der Waals surface area contributed by atoms with Crippen LogP contribution in [0, 0.1) is 0 Å². The van der Waals surface area contributed by atoms with Gasteiger partial charge in [0.25, 0.3) is 5.91 Å². The van der Waals surface area contributed by atoms with Crippen LogP contribution in [-0.4, -0.2) is 37.2 Å². The maximum atomic E-state index is 12.5. The minimum atomic E-state index is -0.237. The molecule has 0 saturated carbocycles. The van der Waals surface area contributed by atoms with Gasteiger partial charge >= 0.3 is 0 Å². The van der Waals surface area contributed by atoms with Gasteiger partial charge in [0.05, 0.1) is 19.8 Å². The Bertz CT molecular complexity index is 950. The number of anilines is 1. The van der Waals surface area contributed by atoms with Crippen molar-refractivity contribution in [2.24, 2.45) is 0 Å². The van der Waals surface area contributed by atoms with Crippen LogP contribution in [0.15, 0.2) is 59.1 Å². The van der Waals surface area contributed by atoms with E-state index in [1.807, 2.05) is 48.5 Å². The van der Waals surface area contributed by atoms with Gasteiger partial charge in [0.1, 0.15) is 17.2 Å². The van der Waals surface area contributed by atoms with Crippen LogP contribution in [0.4, 0.5) is 5.69 Å². The molecule has 0 radical (unpaired) electrons. The van der Waals surface area contributed by atoms with Crippen LogP contribution >= 0.6 is 11.6 Å². The Morgan fingerprint density at radius 3 is 2.68 bits per heavy atom. The van der Waals surface area contributed by atoms with Crippen LogP contribution in [0.25, 0.3) is 11.3 Å². The molecule has 0 spiro atoms. The van der Waals surface area contributed by atoms with Crippen molar-refractivity contribution in [3.05, 3.63) is 71.2 Å². The van der Waals surface area contributed by atoms with Crippen LogP contribution < -0.4 is 10.2 Å². The van der Waals surface area contributed by atoms with E-state index >= 15 is 0 Å². The molecule has 1 fully saturated rings. The van der Waals surface area contributed by atoms with Gasteiger partial charge in [-0.2, -0.15) is 0 Å². The lowest BCUT2D eigenvalue weighted by Crippen LogP contribution is -2.36. The number of carbonyl (C=O) groups is 1. The minimum Gasteiger partial charge on any atom is -0.459 e. The number of amides is 1. The zero-order chi connectivity index (χ0) is 19.3. The first-order valence-electron chi connectivity index (χ1n) is 9.11. The topological polar surface area (TPSA) is 67.6 Å². The van der Waals surface area contributed by atoms with Gasteiger partial charge in [-0.25, -0.2) is 0 Å². The molecule has 1 N–H and O–H groups in total. The number of ether oxygens (including phenoxy) is 1. The molecular weight excluding hydrogens is 378 g/mol. The Labute approximate surface area is 168 Å². The fourth-order valence-corrected chi connectivity index (χ4v) is 3.19. The molecule has 1 aromatic carbocycles. The second-order valence-electron chi connectivity index (χ2n) is 6.45. The summed E-state index contributed by atoms with van der Waals surface area (Å²) in [5, 5.41) is 3.54. The number of aromatic nitrogens is 1. The van der Waals surface area contributed by atoms with Crippen molar-refractivity contribution in [2.45, 2.75) is 6.54 Å². The molecule has 0 bridgehead atoms. The highest BCUT2D eigenvalue weighted by Gasteiger charge is 2.15. The highest BCUT2D eigenvalue weighted by Crippen LogP contribution is 2.24. The highest BCUT2D eigenvalue weighted by molar-refractivity contribution is 6.30. The molecule has 4 rings (SSSR count). The quantitative estimate of drug-likeness (QED) is 0.710. The number of hydrogen-bond donors (Lipinski definition) is 1. The van der Waals surface area contributed by atoms with Gasteiger partial charge in [0, 0.05) is 35.6 Å². The summed E-state index contributed by atoms with van der Waals surface area (Å²) in [5.41, 5.74) is 2.29. The highest BCUT2D eigenvalue weighted by atomic mass is 35.5. The number of morpholine rings is 1. The average molecular weight is 398 g/mol. The zero-order valence-corrected chi connectivity index (χ0v) is 16.0. The molecule has 1 aliphatic rings. The molecule has 6 nitrogen and oxygen atoms in total. The van der Waals surface area contributed by atoms with Gasteiger partial charge in [-0.1, -0.05) is 11.6 Å². The molecule has 2 aromatic heterocycles. The number of furan rings is 1. The molecule has 1 saturated heterocycles. The Balaban J connectivity index is 1.39. The van der Waals surface area contributed by atoms with E-state index in [9.17, 15) is 4.79 Å². The second kappa shape index (κ2) is 8.46. The molecule has 0 unspecified atom stereocenters. The summed E-state index contributed by atoms with van der Waals surface area (Å²) in [6, 6.07) is 14.9. The largest absolute Gasteiger partial charge is 0.459 e. The first kappa shape index (κ1) is 18.5. The van der Waals surface area contributed by atoms with E-state index in [1.165, 1.54) is 0 Å². The summed E-state index contributed by atoms with van der Waals surface area (Å²) in [7, 11) is 0. The second-order valence-corrected chi connectivity index (χ2v) is 6.89. The third kappa shape index (κ3) is 4.35. The summed E-state index contributed by atoms with van der Waals surface area (Å²) in [4.78, 5) is 18.9. The van der Waals surface area contributed by atoms with Crippen molar-refractivity contribution in [2.75, 3.05) is 31.2 Å². The lowest BCUT2D eigenvalue weighted by molar-refractivity contribution is 0.0943. The van der Waals surface area contributed by atoms with Crippen molar-refractivity contribution in [3.63, 3.8) is 0 Å². The number of benzene rings is 1. The number of nitrogens with zero attached hydrogens (tertiary/aromatic N) is 2. The molecule has 1 aliphatic heterocycles. The van der Waals surface area contributed by atoms with Crippen molar-refractivity contribution < 1.29 is 13.9 Å². The summed E-state index contributed by atoms with van der Waals surface area (Å²) >= 11 is 5.91. The monoisotopic (exact) mass is 397 g/mol. The van der Waals surface area contributed by atoms with Crippen LogP contribution in [0.5, 0.6) is 0 Å². The van der Waals surface area contributed by atoms with Gasteiger partial charge in [0.2, 0.25) is 0 Å². The molecule has 7 heteroatoms. The average Bonchev–Trinajstić information content (AvgIpc) is 3.22. The molecule has 144 valence electrons. The fourth-order valence-electron chi connectivity index (χ4n) is 3.06. The summed E-state index contributed by atoms with van der Waals surface area (Å²) in [5.74, 6) is 1.16. The number of rotatable bonds is 5. The number of halogens is 1. The van der Waals surface area contributed by atoms with Crippen LogP contribution in [0.2, 0.25) is 5.02 Å². The Morgan fingerprint density at radius 2 is 1.89 bits per heavy atom. The molecular formula is C21H20ClN3O3. The van der Waals surface area contributed by atoms with Gasteiger partial charge < -0.3 is 19.4 Å². The van der Waals surface area contributed by atoms with Crippen molar-refractivity contribution in [1.82, 2.24) is 10.3 Å². The van der Waals surface area contributed by atoms with Crippen molar-refractivity contribution in [3.8, 4) is 11.3 Å². The molecule has 0 atom stereocenters. The summed E-state index contributed by atoms with van der Waals surface area (Å²) in [6.45, 7) is 3.29. The number of carbonyl (C=O) groups excluding carboxylic acids is 1. The van der Waals surface area contributed by atoms with E-state index in [0.29, 0.717) is 29.7 Å². The maximum Gasteiger partial charge on any atom is 0.270 e. The lowest BCUT2D eigenvalue weighted by atomic mass is 10.2. The predicted octanol–water partition coefficient (Wildman–Crippen LogP) is 3.76. The molecule has 3 aromatic rings. The smallest absolute Gasteiger partial charge is 0.270 e. The van der Waals surface area contributed by atoms with E-state index in [2.05, 4.69) is 15.2 Å². The van der Waals surface area contributed by atoms with E-state index in [0.717, 1.165) is 30.1 Å². The fraction of sp³-hybridized carbons (Fsp3) is 0.238. The Kier molecular flexibility index (Phi) is 5.60. The van der Waals surface area contributed by atoms with Crippen molar-refractivity contribution >= 4 is 23.2 Å². The first-order valence-corrected chi connectivity index (χ1v) is 9.48. The normalized spacial score (nSPS) is 14.1. The SMILES string of the molecule is O=C(NCc1ccc(-c2ccc(Cl)cc2)o1)c1cc(N2CCOCC2)ccn1. The van der Waals surface area contributed by atoms with Crippen LogP contribution in [0.1, 0.15) is 16.2 Å². The number of hydrogen-bond acceptors (Lipinski definition) is 5. The first-order chi connectivity index (χ1) is 13.7. The van der Waals surface area contributed by atoms with Gasteiger partial charge in [-0.3, -0.25) is 9.78 Å². The molecule has 1 amide bonds. The zero-order valence-electron chi connectivity index (χ0n) is 15.2. The standard InChI is InChI=1S/C21H20ClN3O3/c22-16-3-1-15(2-4-16)20-6-5-18(28-20)14-24-21(26)19-13-17(7-8-23-19)25-9-11-27-12-10-25/h1-8,13H,9-12,14H2,(H,24,26). The van der Waals surface area contributed by atoms with E-state index < -0.39 is 0 Å². The van der Waals surface area contributed by atoms with Gasteiger partial charge in [-0.05, 0) is 48.5 Å². The minimum absolute atomic E-state index is 0.237. The molecule has 3 heterocycles. The Morgan fingerprint density at radius 1 is 1.11 bits per heavy atom. The van der Waals surface area contributed by atoms with Crippen LogP contribution in [0.3, 0.4) is 0 Å². The van der Waals surface area contributed by atoms with E-state index in [1.54, 1.807) is 6.20 Å². The Hall–Kier alpha value is -2.83. The van der Waals surface area contributed by atoms with E-state index in [4.69, 9.17) is 20.8 Å². The summed E-state index contributed by atoms with van der Waals surface area (Å²) < 4.78 is 11.2. The van der Waals surface area contributed by atoms with Gasteiger partial charge in [-0.15, -0.1) is 0 Å². The van der Waals surface area contributed by atoms with Crippen LogP contribution in [-0.2, 0) is 11.3 Å². The number of nitrogens with one attached hydrogen (secondary N) is 1. The van der Waals surface area contributed by atoms with Crippen molar-refractivity contribution in [1.29, 1.82) is 0 Å². The molecule has 28 heavy (non-hydrogen) atoms. The lowest BCUT2D eigenvalue weighted by Gasteiger charge is -2.28. The third-order valence-electron chi connectivity index (χ3n) is 4.57. The predicted molar refractivity (Wildman–Crippen MR) is 108 cm³/mol.